The van der Waals surface area contributed by atoms with Gasteiger partial charge in [-0.1, -0.05) is 37.3 Å². The molecule has 0 aliphatic carbocycles. The highest BCUT2D eigenvalue weighted by molar-refractivity contribution is 6.00. The number of amidine groups is 1. The van der Waals surface area contributed by atoms with E-state index in [2.05, 4.69) is 5.32 Å². The van der Waals surface area contributed by atoms with Gasteiger partial charge in [0.05, 0.1) is 12.1 Å². The number of rotatable bonds is 5. The molecule has 2 saturated heterocycles. The fraction of sp³-hybridized carbons (Fsp3) is 0.471. The average molecular weight is 330 g/mol. The summed E-state index contributed by atoms with van der Waals surface area (Å²) in [6, 6.07) is 9.09. The molecule has 0 spiro atoms. The van der Waals surface area contributed by atoms with E-state index in [-0.39, 0.29) is 29.9 Å². The van der Waals surface area contributed by atoms with Gasteiger partial charge in [0.1, 0.15) is 12.4 Å². The first-order valence-electron chi connectivity index (χ1n) is 8.25. The van der Waals surface area contributed by atoms with Crippen molar-refractivity contribution in [2.24, 2.45) is 0 Å². The summed E-state index contributed by atoms with van der Waals surface area (Å²) in [5, 5.41) is 12.1. The van der Waals surface area contributed by atoms with Gasteiger partial charge in [-0.15, -0.1) is 0 Å². The summed E-state index contributed by atoms with van der Waals surface area (Å²) in [5.41, 5.74) is 1.00. The maximum Gasteiger partial charge on any atom is 0.344 e. The summed E-state index contributed by atoms with van der Waals surface area (Å²) in [7, 11) is 0. The fourth-order valence-electron chi connectivity index (χ4n) is 3.14. The Labute approximate surface area is 141 Å². The summed E-state index contributed by atoms with van der Waals surface area (Å²) in [4.78, 5) is 31.4. The van der Waals surface area contributed by atoms with Crippen molar-refractivity contribution in [3.8, 4) is 0 Å². The average Bonchev–Trinajstić information content (AvgIpc) is 2.84. The van der Waals surface area contributed by atoms with Gasteiger partial charge in [0.15, 0.2) is 0 Å². The van der Waals surface area contributed by atoms with Gasteiger partial charge in [0.25, 0.3) is 0 Å². The first kappa shape index (κ1) is 16.4. The number of nitrogens with zero attached hydrogens (tertiary/aromatic N) is 2. The number of piperidine rings is 1. The molecule has 2 bridgehead atoms. The molecule has 2 heterocycles. The minimum atomic E-state index is -0.380. The van der Waals surface area contributed by atoms with E-state index in [1.165, 1.54) is 5.06 Å². The van der Waals surface area contributed by atoms with E-state index < -0.39 is 0 Å². The van der Waals surface area contributed by atoms with E-state index >= 15 is 0 Å². The number of benzene rings is 1. The molecule has 2 aliphatic heterocycles. The lowest BCUT2D eigenvalue weighted by molar-refractivity contribution is -0.140. The van der Waals surface area contributed by atoms with Crippen molar-refractivity contribution in [3.05, 3.63) is 35.9 Å². The van der Waals surface area contributed by atoms with Gasteiger partial charge in [-0.05, 0) is 18.4 Å². The van der Waals surface area contributed by atoms with Crippen LogP contribution in [0.5, 0.6) is 0 Å². The topological polar surface area (TPSA) is 85.7 Å². The molecule has 3 amide bonds. The van der Waals surface area contributed by atoms with Crippen LogP contribution in [0.15, 0.2) is 30.3 Å². The zero-order chi connectivity index (χ0) is 17.1. The highest BCUT2D eigenvalue weighted by Crippen LogP contribution is 2.30. The lowest BCUT2D eigenvalue weighted by Gasteiger charge is -2.30. The van der Waals surface area contributed by atoms with Gasteiger partial charge in [0.2, 0.25) is 5.91 Å². The molecule has 0 aromatic heterocycles. The summed E-state index contributed by atoms with van der Waals surface area (Å²) < 4.78 is 0. The van der Waals surface area contributed by atoms with Crippen molar-refractivity contribution in [1.82, 2.24) is 15.3 Å². The number of hydrogen-bond donors (Lipinski definition) is 2. The number of fused-ring (bicyclic) bond motifs is 2. The first-order chi connectivity index (χ1) is 11.6. The molecular weight excluding hydrogens is 308 g/mol. The van der Waals surface area contributed by atoms with Gasteiger partial charge < -0.3 is 10.2 Å². The van der Waals surface area contributed by atoms with Gasteiger partial charge >= 0.3 is 6.03 Å². The summed E-state index contributed by atoms with van der Waals surface area (Å²) >= 11 is 0. The van der Waals surface area contributed by atoms with Crippen LogP contribution in [-0.2, 0) is 16.2 Å². The number of carbonyl (C=O) groups is 2. The van der Waals surface area contributed by atoms with Crippen LogP contribution in [0.4, 0.5) is 4.79 Å². The third-order valence-corrected chi connectivity index (χ3v) is 4.46. The van der Waals surface area contributed by atoms with E-state index in [1.807, 2.05) is 30.3 Å². The second-order valence-electron chi connectivity index (χ2n) is 6.08. The first-order valence-corrected chi connectivity index (χ1v) is 8.25. The number of urea groups is 1. The van der Waals surface area contributed by atoms with Crippen LogP contribution in [-0.4, -0.2) is 46.4 Å². The van der Waals surface area contributed by atoms with Crippen molar-refractivity contribution in [1.29, 1.82) is 5.41 Å². The summed E-state index contributed by atoms with van der Waals surface area (Å²) in [5.74, 6) is -0.107. The van der Waals surface area contributed by atoms with Crippen LogP contribution >= 0.6 is 0 Å². The maximum absolute atomic E-state index is 12.6. The molecule has 1 aromatic carbocycles. The summed E-state index contributed by atoms with van der Waals surface area (Å²) in [6.07, 6.45) is 1.73. The third kappa shape index (κ3) is 3.26. The minimum absolute atomic E-state index is 0.00661. The molecule has 0 saturated carbocycles. The zero-order valence-corrected chi connectivity index (χ0v) is 13.7. The Morgan fingerprint density at radius 2 is 2.08 bits per heavy atom. The van der Waals surface area contributed by atoms with E-state index in [0.717, 1.165) is 12.0 Å². The van der Waals surface area contributed by atoms with Crippen molar-refractivity contribution in [2.45, 2.75) is 44.9 Å². The van der Waals surface area contributed by atoms with Crippen LogP contribution in [0.3, 0.4) is 0 Å². The lowest BCUT2D eigenvalue weighted by atomic mass is 10.00. The Hall–Kier alpha value is -2.41. The second-order valence-corrected chi connectivity index (χ2v) is 6.08. The molecule has 7 heteroatoms. The highest BCUT2D eigenvalue weighted by Gasteiger charge is 2.47. The molecular formula is C17H22N4O3. The van der Waals surface area contributed by atoms with Gasteiger partial charge in [-0.3, -0.25) is 15.0 Å². The predicted molar refractivity (Wildman–Crippen MR) is 88.1 cm³/mol. The molecule has 2 aliphatic rings. The van der Waals surface area contributed by atoms with E-state index in [4.69, 9.17) is 10.2 Å². The van der Waals surface area contributed by atoms with Crippen molar-refractivity contribution < 1.29 is 14.4 Å². The fourth-order valence-corrected chi connectivity index (χ4v) is 3.14. The van der Waals surface area contributed by atoms with Crippen LogP contribution < -0.4 is 5.32 Å². The Morgan fingerprint density at radius 3 is 2.79 bits per heavy atom. The van der Waals surface area contributed by atoms with Gasteiger partial charge in [0, 0.05) is 13.0 Å². The molecule has 0 radical (unpaired) electrons. The predicted octanol–water partition coefficient (Wildman–Crippen LogP) is 1.89. The highest BCUT2D eigenvalue weighted by atomic mass is 16.7. The van der Waals surface area contributed by atoms with Crippen LogP contribution in [0.1, 0.15) is 31.7 Å². The Balaban J connectivity index is 1.62. The molecule has 2 atom stereocenters. The van der Waals surface area contributed by atoms with Gasteiger partial charge in [-0.25, -0.2) is 4.79 Å². The van der Waals surface area contributed by atoms with Crippen LogP contribution in [0.2, 0.25) is 0 Å². The van der Waals surface area contributed by atoms with Gasteiger partial charge in [-0.2, -0.15) is 5.06 Å². The Bertz CT molecular complexity index is 634. The van der Waals surface area contributed by atoms with Crippen molar-refractivity contribution >= 4 is 17.8 Å². The van der Waals surface area contributed by atoms with E-state index in [1.54, 1.807) is 11.8 Å². The number of amides is 3. The Kier molecular flexibility index (Phi) is 4.80. The molecule has 1 aromatic rings. The lowest BCUT2D eigenvalue weighted by Crippen LogP contribution is -2.50. The third-order valence-electron chi connectivity index (χ3n) is 4.46. The summed E-state index contributed by atoms with van der Waals surface area (Å²) in [6.45, 7) is 2.61. The SMILES string of the molecule is CCC(=O)NC(=N)[C@@H]1CC[C@@H]2CN1C(=O)N2OCc1ccccc1. The number of hydrogen-bond acceptors (Lipinski definition) is 4. The quantitative estimate of drug-likeness (QED) is 0.638. The number of hydroxylamine groups is 2. The second kappa shape index (κ2) is 7.00. The standard InChI is InChI=1S/C17H22N4O3/c1-2-15(22)19-16(18)14-9-8-13-10-20(14)17(23)21(13)24-11-12-6-4-3-5-7-12/h3-7,13-14H,2,8-11H2,1H3,(H2,18,19,22)/t13-,14+/m1/s1. The molecule has 128 valence electrons. The molecule has 2 fully saturated rings. The van der Waals surface area contributed by atoms with Crippen LogP contribution in [0.25, 0.3) is 0 Å². The number of carbonyl (C=O) groups excluding carboxylic acids is 2. The van der Waals surface area contributed by atoms with Crippen molar-refractivity contribution in [2.75, 3.05) is 6.54 Å². The van der Waals surface area contributed by atoms with Crippen molar-refractivity contribution in [3.63, 3.8) is 0 Å². The van der Waals surface area contributed by atoms with E-state index in [9.17, 15) is 9.59 Å². The largest absolute Gasteiger partial charge is 0.344 e. The van der Waals surface area contributed by atoms with E-state index in [0.29, 0.717) is 26.0 Å². The smallest absolute Gasteiger partial charge is 0.313 e. The minimum Gasteiger partial charge on any atom is -0.313 e. The monoisotopic (exact) mass is 330 g/mol. The normalized spacial score (nSPS) is 22.6. The number of nitrogens with one attached hydrogen (secondary N) is 2. The Morgan fingerprint density at radius 1 is 1.33 bits per heavy atom. The molecule has 3 rings (SSSR count). The maximum atomic E-state index is 12.6. The molecule has 2 N–H and O–H groups in total. The zero-order valence-electron chi connectivity index (χ0n) is 13.7. The molecule has 0 unspecified atom stereocenters. The van der Waals surface area contributed by atoms with Crippen LogP contribution in [0, 0.1) is 5.41 Å². The molecule has 7 nitrogen and oxygen atoms in total. The molecule has 24 heavy (non-hydrogen) atoms.